The highest BCUT2D eigenvalue weighted by molar-refractivity contribution is 5.89. The molecule has 22 heavy (non-hydrogen) atoms. The smallest absolute Gasteiger partial charge is 0.321 e. The van der Waals surface area contributed by atoms with Crippen LogP contribution in [0.15, 0.2) is 23.0 Å². The average molecular weight is 304 g/mol. The fourth-order valence-corrected chi connectivity index (χ4v) is 2.64. The van der Waals surface area contributed by atoms with E-state index in [0.717, 1.165) is 11.3 Å². The molecule has 0 unspecified atom stereocenters. The largest absolute Gasteiger partial charge is 0.324 e. The van der Waals surface area contributed by atoms with Crippen LogP contribution in [0.4, 0.5) is 14.9 Å². The Morgan fingerprint density at radius 1 is 1.27 bits per heavy atom. The average Bonchev–Trinajstić information content (AvgIpc) is 2.72. The number of aromatic amines is 2. The molecule has 1 aromatic carbocycles. The van der Waals surface area contributed by atoms with E-state index in [4.69, 9.17) is 0 Å². The van der Waals surface area contributed by atoms with Crippen molar-refractivity contribution in [2.75, 3.05) is 18.4 Å². The number of hydrogen-bond acceptors (Lipinski definition) is 2. The van der Waals surface area contributed by atoms with Crippen molar-refractivity contribution < 1.29 is 9.18 Å². The van der Waals surface area contributed by atoms with Gasteiger partial charge in [-0.05, 0) is 31.0 Å². The molecule has 2 heterocycles. The SMILES string of the molecule is Cc1ccc(F)c(NC(=O)N2CCc3[nH][nH]c(=O)c3CC2)c1. The summed E-state index contributed by atoms with van der Waals surface area (Å²) in [4.78, 5) is 25.5. The number of hydrogen-bond donors (Lipinski definition) is 3. The maximum Gasteiger partial charge on any atom is 0.321 e. The van der Waals surface area contributed by atoms with E-state index in [9.17, 15) is 14.0 Å². The van der Waals surface area contributed by atoms with E-state index in [2.05, 4.69) is 15.5 Å². The molecule has 0 radical (unpaired) electrons. The number of benzene rings is 1. The van der Waals surface area contributed by atoms with Gasteiger partial charge in [0, 0.05) is 30.8 Å². The summed E-state index contributed by atoms with van der Waals surface area (Å²) >= 11 is 0. The van der Waals surface area contributed by atoms with Gasteiger partial charge in [-0.2, -0.15) is 0 Å². The number of urea groups is 1. The first-order chi connectivity index (χ1) is 10.5. The first-order valence-corrected chi connectivity index (χ1v) is 7.15. The molecular formula is C15H17FN4O2. The number of halogens is 1. The Labute approximate surface area is 126 Å². The second kappa shape index (κ2) is 5.67. The molecule has 2 amide bonds. The van der Waals surface area contributed by atoms with Crippen molar-refractivity contribution in [1.82, 2.24) is 15.1 Å². The number of fused-ring (bicyclic) bond motifs is 1. The summed E-state index contributed by atoms with van der Waals surface area (Å²) < 4.78 is 13.7. The first kappa shape index (κ1) is 14.4. The van der Waals surface area contributed by atoms with Gasteiger partial charge in [0.15, 0.2) is 0 Å². The van der Waals surface area contributed by atoms with E-state index >= 15 is 0 Å². The van der Waals surface area contributed by atoms with Crippen LogP contribution in [0.1, 0.15) is 16.8 Å². The fraction of sp³-hybridized carbons (Fsp3) is 0.333. The molecule has 1 aliphatic heterocycles. The molecule has 116 valence electrons. The number of aryl methyl sites for hydroxylation is 1. The van der Waals surface area contributed by atoms with Crippen molar-refractivity contribution in [3.05, 3.63) is 51.2 Å². The zero-order valence-electron chi connectivity index (χ0n) is 12.2. The minimum Gasteiger partial charge on any atom is -0.324 e. The van der Waals surface area contributed by atoms with Gasteiger partial charge in [0.05, 0.1) is 5.69 Å². The normalized spacial score (nSPS) is 14.4. The van der Waals surface area contributed by atoms with Crippen LogP contribution in [0.25, 0.3) is 0 Å². The van der Waals surface area contributed by atoms with Gasteiger partial charge >= 0.3 is 6.03 Å². The van der Waals surface area contributed by atoms with Crippen LogP contribution in [0, 0.1) is 12.7 Å². The van der Waals surface area contributed by atoms with Crippen molar-refractivity contribution in [2.24, 2.45) is 0 Å². The zero-order valence-corrected chi connectivity index (χ0v) is 12.2. The van der Waals surface area contributed by atoms with Crippen molar-refractivity contribution in [3.8, 4) is 0 Å². The summed E-state index contributed by atoms with van der Waals surface area (Å²) in [5.41, 5.74) is 2.43. The van der Waals surface area contributed by atoms with Gasteiger partial charge in [0.25, 0.3) is 5.56 Å². The number of anilines is 1. The Bertz CT molecular complexity index is 765. The van der Waals surface area contributed by atoms with Crippen LogP contribution >= 0.6 is 0 Å². The van der Waals surface area contributed by atoms with Crippen molar-refractivity contribution in [1.29, 1.82) is 0 Å². The van der Waals surface area contributed by atoms with Gasteiger partial charge in [-0.15, -0.1) is 0 Å². The van der Waals surface area contributed by atoms with E-state index < -0.39 is 5.82 Å². The van der Waals surface area contributed by atoms with Crippen LogP contribution < -0.4 is 10.9 Å². The van der Waals surface area contributed by atoms with Gasteiger partial charge in [-0.3, -0.25) is 9.89 Å². The molecule has 0 aliphatic carbocycles. The van der Waals surface area contributed by atoms with Crippen LogP contribution in [-0.4, -0.2) is 34.2 Å². The number of amides is 2. The third kappa shape index (κ3) is 2.74. The van der Waals surface area contributed by atoms with E-state index in [1.54, 1.807) is 17.0 Å². The van der Waals surface area contributed by atoms with Crippen molar-refractivity contribution in [2.45, 2.75) is 19.8 Å². The monoisotopic (exact) mass is 304 g/mol. The molecule has 0 bridgehead atoms. The third-order valence-corrected chi connectivity index (χ3v) is 3.88. The fourth-order valence-electron chi connectivity index (χ4n) is 2.64. The Morgan fingerprint density at radius 2 is 2.05 bits per heavy atom. The van der Waals surface area contributed by atoms with E-state index in [-0.39, 0.29) is 17.3 Å². The molecule has 3 N–H and O–H groups in total. The molecule has 1 aliphatic rings. The highest BCUT2D eigenvalue weighted by atomic mass is 19.1. The minimum atomic E-state index is -0.463. The molecule has 0 fully saturated rings. The number of rotatable bonds is 1. The number of carbonyl (C=O) groups is 1. The predicted octanol–water partition coefficient (Wildman–Crippen LogP) is 1.78. The third-order valence-electron chi connectivity index (χ3n) is 3.88. The van der Waals surface area contributed by atoms with Crippen LogP contribution in [0.3, 0.4) is 0 Å². The summed E-state index contributed by atoms with van der Waals surface area (Å²) in [5.74, 6) is -0.463. The van der Waals surface area contributed by atoms with Gasteiger partial charge in [-0.1, -0.05) is 6.07 Å². The number of aromatic nitrogens is 2. The van der Waals surface area contributed by atoms with Crippen molar-refractivity contribution >= 4 is 11.7 Å². The molecule has 3 rings (SSSR count). The second-order valence-corrected chi connectivity index (χ2v) is 5.44. The number of carbonyl (C=O) groups excluding carboxylic acids is 1. The Morgan fingerprint density at radius 3 is 2.86 bits per heavy atom. The second-order valence-electron chi connectivity index (χ2n) is 5.44. The molecule has 1 aromatic heterocycles. The summed E-state index contributed by atoms with van der Waals surface area (Å²) in [7, 11) is 0. The maximum absolute atomic E-state index is 13.7. The Balaban J connectivity index is 1.71. The lowest BCUT2D eigenvalue weighted by Gasteiger charge is -2.21. The summed E-state index contributed by atoms with van der Waals surface area (Å²) in [5, 5.41) is 7.99. The first-order valence-electron chi connectivity index (χ1n) is 7.15. The zero-order chi connectivity index (χ0) is 15.7. The highest BCUT2D eigenvalue weighted by Crippen LogP contribution is 2.17. The van der Waals surface area contributed by atoms with E-state index in [1.807, 2.05) is 6.92 Å². The lowest BCUT2D eigenvalue weighted by atomic mass is 10.2. The summed E-state index contributed by atoms with van der Waals surface area (Å²) in [6.45, 7) is 2.73. The standard InChI is InChI=1S/C15H17FN4O2/c1-9-2-3-11(16)13(8-9)17-15(22)20-6-4-10-12(5-7-20)18-19-14(10)21/h2-3,8H,4-7H2,1H3,(H,17,22)(H2,18,19,21). The van der Waals surface area contributed by atoms with Gasteiger partial charge in [0.2, 0.25) is 0 Å². The predicted molar refractivity (Wildman–Crippen MR) is 80.6 cm³/mol. The van der Waals surface area contributed by atoms with E-state index in [1.165, 1.54) is 6.07 Å². The van der Waals surface area contributed by atoms with E-state index in [0.29, 0.717) is 31.5 Å². The molecule has 6 nitrogen and oxygen atoms in total. The molecule has 0 spiro atoms. The number of nitrogens with one attached hydrogen (secondary N) is 3. The Kier molecular flexibility index (Phi) is 3.70. The highest BCUT2D eigenvalue weighted by Gasteiger charge is 2.21. The molecule has 7 heteroatoms. The van der Waals surface area contributed by atoms with Crippen molar-refractivity contribution in [3.63, 3.8) is 0 Å². The molecule has 0 saturated heterocycles. The minimum absolute atomic E-state index is 0.137. The van der Waals surface area contributed by atoms with Gasteiger partial charge in [-0.25, -0.2) is 9.18 Å². The van der Waals surface area contributed by atoms with Gasteiger partial charge < -0.3 is 15.3 Å². The summed E-state index contributed by atoms with van der Waals surface area (Å²) in [6.07, 6.45) is 1.05. The number of H-pyrrole nitrogens is 2. The van der Waals surface area contributed by atoms with Crippen LogP contribution in [0.5, 0.6) is 0 Å². The number of nitrogens with zero attached hydrogens (tertiary/aromatic N) is 1. The lowest BCUT2D eigenvalue weighted by molar-refractivity contribution is 0.214. The van der Waals surface area contributed by atoms with Crippen LogP contribution in [-0.2, 0) is 12.8 Å². The Hall–Kier alpha value is -2.57. The molecular weight excluding hydrogens is 287 g/mol. The molecule has 0 atom stereocenters. The maximum atomic E-state index is 13.7. The molecule has 2 aromatic rings. The summed E-state index contributed by atoms with van der Waals surface area (Å²) in [6, 6.07) is 4.22. The van der Waals surface area contributed by atoms with Crippen LogP contribution in [0.2, 0.25) is 0 Å². The topological polar surface area (TPSA) is 81.0 Å². The molecule has 0 saturated carbocycles. The quantitative estimate of drug-likeness (QED) is 0.750. The van der Waals surface area contributed by atoms with Gasteiger partial charge in [0.1, 0.15) is 5.82 Å². The lowest BCUT2D eigenvalue weighted by Crippen LogP contribution is -2.37.